The smallest absolute Gasteiger partial charge is 0.221 e. The normalized spacial score (nSPS) is 13.1. The van der Waals surface area contributed by atoms with Gasteiger partial charge in [-0.25, -0.2) is 4.98 Å². The summed E-state index contributed by atoms with van der Waals surface area (Å²) in [6.45, 7) is 2.39. The number of oxazole rings is 1. The molecule has 0 unspecified atom stereocenters. The lowest BCUT2D eigenvalue weighted by Crippen LogP contribution is -2.21. The number of nitrogens with two attached hydrogens (primary N) is 1. The summed E-state index contributed by atoms with van der Waals surface area (Å²) in [6, 6.07) is 0. The maximum Gasteiger partial charge on any atom is 0.221 e. The molecule has 0 spiro atoms. The molecule has 0 bridgehead atoms. The number of nitrogens with zero attached hydrogens (tertiary/aromatic N) is 2. The average Bonchev–Trinajstić information content (AvgIpc) is 2.51. The monoisotopic (exact) mass is 210 g/mol. The van der Waals surface area contributed by atoms with Crippen molar-refractivity contribution in [1.82, 2.24) is 9.88 Å². The molecule has 5 heteroatoms. The van der Waals surface area contributed by atoms with Gasteiger partial charge in [0.2, 0.25) is 5.91 Å². The number of carbonyl (C=O) groups is 1. The first-order valence-corrected chi connectivity index (χ1v) is 4.72. The molecule has 2 N–H and O–H groups in total. The fourth-order valence-electron chi connectivity index (χ4n) is 1.08. The van der Waals surface area contributed by atoms with Crippen LogP contribution in [-0.2, 0) is 11.3 Å². The molecular weight excluding hydrogens is 194 g/mol. The summed E-state index contributed by atoms with van der Waals surface area (Å²) in [4.78, 5) is 16.8. The van der Waals surface area contributed by atoms with E-state index in [1.807, 2.05) is 19.0 Å². The Balaban J connectivity index is 2.56. The van der Waals surface area contributed by atoms with E-state index in [-0.39, 0.29) is 11.8 Å². The summed E-state index contributed by atoms with van der Waals surface area (Å²) >= 11 is 0. The van der Waals surface area contributed by atoms with Crippen LogP contribution in [0.15, 0.2) is 10.6 Å². The zero-order valence-electron chi connectivity index (χ0n) is 9.23. The van der Waals surface area contributed by atoms with E-state index in [0.29, 0.717) is 12.4 Å². The van der Waals surface area contributed by atoms with Crippen LogP contribution < -0.4 is 5.73 Å². The van der Waals surface area contributed by atoms with Crippen LogP contribution in [0.25, 0.3) is 0 Å². The Hall–Kier alpha value is -1.36. The largest absolute Gasteiger partial charge is 0.444 e. The lowest BCUT2D eigenvalue weighted by molar-refractivity contribution is -0.120. The highest BCUT2D eigenvalue weighted by Gasteiger charge is 2.14. The highest BCUT2D eigenvalue weighted by molar-refractivity contribution is 5.77. The quantitative estimate of drug-likeness (QED) is 0.764. The highest BCUT2D eigenvalue weighted by atomic mass is 16.4. The van der Waals surface area contributed by atoms with Crippen LogP contribution in [0.1, 0.15) is 18.6 Å². The van der Waals surface area contributed by atoms with Crippen LogP contribution in [0.5, 0.6) is 0 Å². The fraction of sp³-hybridized carbons (Fsp3) is 0.500. The molecule has 1 atom stereocenters. The van der Waals surface area contributed by atoms with Crippen molar-refractivity contribution in [3.8, 4) is 0 Å². The van der Waals surface area contributed by atoms with Crippen LogP contribution in [0, 0.1) is 12.3 Å². The molecule has 0 saturated carbocycles. The van der Waals surface area contributed by atoms with Crippen molar-refractivity contribution in [3.63, 3.8) is 0 Å². The lowest BCUT2D eigenvalue weighted by atomic mass is 10.1. The molecule has 83 valence electrons. The van der Waals surface area contributed by atoms with Crippen molar-refractivity contribution in [2.24, 2.45) is 11.7 Å². The molecule has 0 aliphatic heterocycles. The van der Waals surface area contributed by atoms with Crippen LogP contribution in [0.2, 0.25) is 0 Å². The van der Waals surface area contributed by atoms with Gasteiger partial charge in [0, 0.05) is 5.92 Å². The minimum atomic E-state index is -0.387. The molecule has 5 nitrogen and oxygen atoms in total. The van der Waals surface area contributed by atoms with Crippen LogP contribution in [-0.4, -0.2) is 29.9 Å². The Labute approximate surface area is 89.3 Å². The van der Waals surface area contributed by atoms with Crippen molar-refractivity contribution in [3.05, 3.63) is 24.3 Å². The van der Waals surface area contributed by atoms with Gasteiger partial charge in [-0.05, 0) is 14.1 Å². The molecule has 1 aromatic rings. The Morgan fingerprint density at radius 3 is 2.93 bits per heavy atom. The average molecular weight is 210 g/mol. The minimum absolute atomic E-state index is 0.365. The molecule has 0 aliphatic carbocycles. The molecule has 0 fully saturated rings. The second-order valence-corrected chi connectivity index (χ2v) is 3.76. The Morgan fingerprint density at radius 2 is 2.40 bits per heavy atom. The Bertz CT molecular complexity index is 333. The van der Waals surface area contributed by atoms with E-state index in [1.54, 1.807) is 19.5 Å². The standard InChI is InChI=1S/C10H16N3O2/c1-7(10(11)14)4-9-12-5-8(15-9)6-13(2)3/h4-5,7H,6H2,1-3H3,(H2,11,14)/t7-/m0/s1. The number of hydrogen-bond acceptors (Lipinski definition) is 4. The van der Waals surface area contributed by atoms with E-state index in [9.17, 15) is 4.79 Å². The predicted octanol–water partition coefficient (Wildman–Crippen LogP) is 0.410. The Kier molecular flexibility index (Phi) is 3.85. The van der Waals surface area contributed by atoms with Gasteiger partial charge in [0.25, 0.3) is 0 Å². The maximum absolute atomic E-state index is 10.8. The summed E-state index contributed by atoms with van der Waals surface area (Å²) < 4.78 is 5.40. The summed E-state index contributed by atoms with van der Waals surface area (Å²) in [6.07, 6.45) is 3.26. The maximum atomic E-state index is 10.8. The molecule has 0 aromatic carbocycles. The van der Waals surface area contributed by atoms with E-state index in [0.717, 1.165) is 5.76 Å². The summed E-state index contributed by atoms with van der Waals surface area (Å²) in [7, 11) is 3.88. The molecule has 0 saturated heterocycles. The third kappa shape index (κ3) is 3.71. The van der Waals surface area contributed by atoms with Crippen molar-refractivity contribution in [1.29, 1.82) is 0 Å². The summed E-state index contributed by atoms with van der Waals surface area (Å²) in [5.74, 6) is 0.458. The summed E-state index contributed by atoms with van der Waals surface area (Å²) in [5, 5.41) is 0. The van der Waals surface area contributed by atoms with E-state index in [2.05, 4.69) is 4.98 Å². The SMILES string of the molecule is C[C@@H]([CH]c1ncc(CN(C)C)o1)C(N)=O. The second-order valence-electron chi connectivity index (χ2n) is 3.76. The van der Waals surface area contributed by atoms with Crippen LogP contribution in [0.3, 0.4) is 0 Å². The second kappa shape index (κ2) is 4.93. The van der Waals surface area contributed by atoms with E-state index >= 15 is 0 Å². The first kappa shape index (κ1) is 11.7. The van der Waals surface area contributed by atoms with Crippen LogP contribution in [0.4, 0.5) is 0 Å². The number of amides is 1. The molecule has 1 aromatic heterocycles. The van der Waals surface area contributed by atoms with Crippen LogP contribution >= 0.6 is 0 Å². The first-order valence-electron chi connectivity index (χ1n) is 4.72. The molecule has 1 rings (SSSR count). The van der Waals surface area contributed by atoms with Gasteiger partial charge >= 0.3 is 0 Å². The van der Waals surface area contributed by atoms with Gasteiger partial charge in [-0.3, -0.25) is 4.79 Å². The minimum Gasteiger partial charge on any atom is -0.444 e. The number of primary amides is 1. The lowest BCUT2D eigenvalue weighted by Gasteiger charge is -2.05. The molecule has 1 amide bonds. The predicted molar refractivity (Wildman–Crippen MR) is 55.7 cm³/mol. The molecule has 1 radical (unpaired) electrons. The van der Waals surface area contributed by atoms with Gasteiger partial charge in [0.05, 0.1) is 19.2 Å². The molecule has 1 heterocycles. The number of carbonyl (C=O) groups excluding carboxylic acids is 1. The molecule has 15 heavy (non-hydrogen) atoms. The topological polar surface area (TPSA) is 72.4 Å². The highest BCUT2D eigenvalue weighted by Crippen LogP contribution is 2.12. The van der Waals surface area contributed by atoms with Crippen molar-refractivity contribution in [2.75, 3.05) is 14.1 Å². The fourth-order valence-corrected chi connectivity index (χ4v) is 1.08. The van der Waals surface area contributed by atoms with Gasteiger partial charge in [-0.2, -0.15) is 0 Å². The zero-order valence-corrected chi connectivity index (χ0v) is 9.23. The molecule has 0 aliphatic rings. The van der Waals surface area contributed by atoms with Crippen molar-refractivity contribution >= 4 is 5.91 Å². The third-order valence-electron chi connectivity index (χ3n) is 1.88. The third-order valence-corrected chi connectivity index (χ3v) is 1.88. The van der Waals surface area contributed by atoms with E-state index < -0.39 is 0 Å². The van der Waals surface area contributed by atoms with Gasteiger partial charge in [-0.1, -0.05) is 6.92 Å². The Morgan fingerprint density at radius 1 is 1.73 bits per heavy atom. The number of hydrogen-bond donors (Lipinski definition) is 1. The van der Waals surface area contributed by atoms with E-state index in [1.165, 1.54) is 0 Å². The van der Waals surface area contributed by atoms with Gasteiger partial charge in [0.15, 0.2) is 5.89 Å². The van der Waals surface area contributed by atoms with E-state index in [4.69, 9.17) is 10.2 Å². The zero-order chi connectivity index (χ0) is 11.4. The first-order chi connectivity index (χ1) is 6.99. The van der Waals surface area contributed by atoms with Gasteiger partial charge in [-0.15, -0.1) is 0 Å². The van der Waals surface area contributed by atoms with Crippen molar-refractivity contribution in [2.45, 2.75) is 13.5 Å². The van der Waals surface area contributed by atoms with Crippen molar-refractivity contribution < 1.29 is 9.21 Å². The number of aromatic nitrogens is 1. The number of rotatable bonds is 5. The molecular formula is C10H16N3O2. The van der Waals surface area contributed by atoms with Gasteiger partial charge in [0.1, 0.15) is 5.76 Å². The summed E-state index contributed by atoms with van der Waals surface area (Å²) in [5.41, 5.74) is 5.12. The van der Waals surface area contributed by atoms with Gasteiger partial charge < -0.3 is 15.1 Å².